The van der Waals surface area contributed by atoms with Gasteiger partial charge in [-0.15, -0.1) is 0 Å². The zero-order chi connectivity index (χ0) is 16.8. The van der Waals surface area contributed by atoms with Gasteiger partial charge >= 0.3 is 5.97 Å². The Morgan fingerprint density at radius 2 is 1.74 bits per heavy atom. The molecule has 0 aromatic rings. The average molecular weight is 322 g/mol. The molecule has 3 saturated carbocycles. The van der Waals surface area contributed by atoms with E-state index in [0.29, 0.717) is 12.5 Å². The fourth-order valence-electron chi connectivity index (χ4n) is 6.74. The van der Waals surface area contributed by atoms with Gasteiger partial charge in [0.1, 0.15) is 0 Å². The van der Waals surface area contributed by atoms with Gasteiger partial charge in [0.05, 0.1) is 18.6 Å². The van der Waals surface area contributed by atoms with Gasteiger partial charge in [0.15, 0.2) is 0 Å². The van der Waals surface area contributed by atoms with Gasteiger partial charge in [-0.1, -0.05) is 26.7 Å². The van der Waals surface area contributed by atoms with Crippen LogP contribution in [0.2, 0.25) is 0 Å². The van der Waals surface area contributed by atoms with Crippen molar-refractivity contribution in [1.82, 2.24) is 0 Å². The van der Waals surface area contributed by atoms with Gasteiger partial charge in [-0.25, -0.2) is 0 Å². The number of carbonyl (C=O) groups is 1. The molecule has 3 fully saturated rings. The molecule has 3 heteroatoms. The number of aliphatic hydroxyl groups is 1. The molecule has 0 radical (unpaired) electrons. The summed E-state index contributed by atoms with van der Waals surface area (Å²) in [5.41, 5.74) is -0.904. The van der Waals surface area contributed by atoms with Gasteiger partial charge in [0.2, 0.25) is 0 Å². The Bertz CT molecular complexity index is 444. The average Bonchev–Trinajstić information content (AvgIpc) is 3.16. The molecule has 0 aromatic carbocycles. The Kier molecular flexibility index (Phi) is 4.79. The van der Waals surface area contributed by atoms with Crippen molar-refractivity contribution >= 4 is 5.97 Å². The smallest absolute Gasteiger partial charge is 0.308 e. The SMILES string of the molecule is CCOC(=O)CC(C)(O)C1CC2CC1C1C(CC)CC(CC)C21. The first-order valence-electron chi connectivity index (χ1n) is 9.80. The van der Waals surface area contributed by atoms with E-state index < -0.39 is 5.60 Å². The molecule has 132 valence electrons. The lowest BCUT2D eigenvalue weighted by atomic mass is 9.65. The van der Waals surface area contributed by atoms with Gasteiger partial charge < -0.3 is 9.84 Å². The van der Waals surface area contributed by atoms with Crippen LogP contribution in [0, 0.1) is 41.4 Å². The second-order valence-electron chi connectivity index (χ2n) is 8.57. The lowest BCUT2D eigenvalue weighted by Crippen LogP contribution is -2.44. The van der Waals surface area contributed by atoms with E-state index in [0.717, 1.165) is 36.0 Å². The molecule has 1 N–H and O–H groups in total. The van der Waals surface area contributed by atoms with E-state index in [-0.39, 0.29) is 18.3 Å². The van der Waals surface area contributed by atoms with Crippen molar-refractivity contribution in [2.45, 2.75) is 71.8 Å². The molecule has 3 nitrogen and oxygen atoms in total. The highest BCUT2D eigenvalue weighted by Crippen LogP contribution is 2.67. The van der Waals surface area contributed by atoms with Crippen LogP contribution in [0.4, 0.5) is 0 Å². The van der Waals surface area contributed by atoms with Crippen LogP contribution in [-0.2, 0) is 9.53 Å². The van der Waals surface area contributed by atoms with E-state index in [1.807, 2.05) is 13.8 Å². The largest absolute Gasteiger partial charge is 0.466 e. The first-order valence-corrected chi connectivity index (χ1v) is 9.80. The Labute approximate surface area is 141 Å². The molecular weight excluding hydrogens is 288 g/mol. The van der Waals surface area contributed by atoms with Crippen molar-refractivity contribution in [3.05, 3.63) is 0 Å². The Morgan fingerprint density at radius 3 is 2.35 bits per heavy atom. The number of ether oxygens (including phenoxy) is 1. The molecule has 0 spiro atoms. The third kappa shape index (κ3) is 2.83. The Balaban J connectivity index is 1.75. The van der Waals surface area contributed by atoms with E-state index >= 15 is 0 Å². The zero-order valence-corrected chi connectivity index (χ0v) is 15.3. The Hall–Kier alpha value is -0.570. The molecular formula is C20H34O3. The summed E-state index contributed by atoms with van der Waals surface area (Å²) in [7, 11) is 0. The molecule has 8 unspecified atom stereocenters. The highest BCUT2D eigenvalue weighted by molar-refractivity contribution is 5.70. The van der Waals surface area contributed by atoms with E-state index in [4.69, 9.17) is 4.74 Å². The quantitative estimate of drug-likeness (QED) is 0.751. The van der Waals surface area contributed by atoms with Gasteiger partial charge in [0, 0.05) is 0 Å². The third-order valence-electron chi connectivity index (χ3n) is 7.48. The minimum atomic E-state index is -0.904. The fourth-order valence-corrected chi connectivity index (χ4v) is 6.74. The number of esters is 1. The maximum atomic E-state index is 11.9. The summed E-state index contributed by atoms with van der Waals surface area (Å²) in [6.07, 6.45) is 6.53. The van der Waals surface area contributed by atoms with Crippen molar-refractivity contribution in [3.63, 3.8) is 0 Å². The summed E-state index contributed by atoms with van der Waals surface area (Å²) in [6.45, 7) is 8.77. The third-order valence-corrected chi connectivity index (χ3v) is 7.48. The second kappa shape index (κ2) is 6.38. The number of carbonyl (C=O) groups excluding carboxylic acids is 1. The van der Waals surface area contributed by atoms with E-state index in [9.17, 15) is 9.90 Å². The van der Waals surface area contributed by atoms with Crippen LogP contribution in [0.25, 0.3) is 0 Å². The molecule has 0 aliphatic heterocycles. The van der Waals surface area contributed by atoms with Crippen LogP contribution >= 0.6 is 0 Å². The predicted molar refractivity (Wildman–Crippen MR) is 90.7 cm³/mol. The first-order chi connectivity index (χ1) is 10.9. The van der Waals surface area contributed by atoms with Gasteiger partial charge in [0.25, 0.3) is 0 Å². The lowest BCUT2D eigenvalue weighted by Gasteiger charge is -2.42. The summed E-state index contributed by atoms with van der Waals surface area (Å²) in [5.74, 6) is 4.86. The van der Waals surface area contributed by atoms with Crippen molar-refractivity contribution in [2.24, 2.45) is 41.4 Å². The topological polar surface area (TPSA) is 46.5 Å². The summed E-state index contributed by atoms with van der Waals surface area (Å²) in [4.78, 5) is 11.9. The van der Waals surface area contributed by atoms with Crippen LogP contribution in [0.1, 0.15) is 66.2 Å². The summed E-state index contributed by atoms with van der Waals surface area (Å²) < 4.78 is 5.08. The lowest BCUT2D eigenvalue weighted by molar-refractivity contribution is -0.152. The van der Waals surface area contributed by atoms with E-state index in [2.05, 4.69) is 13.8 Å². The van der Waals surface area contributed by atoms with Crippen molar-refractivity contribution in [3.8, 4) is 0 Å². The molecule has 2 bridgehead atoms. The van der Waals surface area contributed by atoms with Crippen LogP contribution in [-0.4, -0.2) is 23.3 Å². The predicted octanol–water partition coefficient (Wildman–Crippen LogP) is 4.04. The molecule has 3 aliphatic carbocycles. The molecule has 3 rings (SSSR count). The normalized spacial score (nSPS) is 44.1. The summed E-state index contributed by atoms with van der Waals surface area (Å²) in [5, 5.41) is 11.0. The molecule has 3 aliphatic rings. The van der Waals surface area contributed by atoms with Gasteiger partial charge in [-0.05, 0) is 74.5 Å². The van der Waals surface area contributed by atoms with Crippen molar-refractivity contribution in [2.75, 3.05) is 6.61 Å². The number of hydrogen-bond acceptors (Lipinski definition) is 3. The minimum Gasteiger partial charge on any atom is -0.466 e. The molecule has 8 atom stereocenters. The number of rotatable bonds is 6. The van der Waals surface area contributed by atoms with E-state index in [1.54, 1.807) is 0 Å². The summed E-state index contributed by atoms with van der Waals surface area (Å²) in [6, 6.07) is 0. The Morgan fingerprint density at radius 1 is 1.09 bits per heavy atom. The maximum absolute atomic E-state index is 11.9. The van der Waals surface area contributed by atoms with E-state index in [1.165, 1.54) is 25.7 Å². The van der Waals surface area contributed by atoms with Gasteiger partial charge in [-0.2, -0.15) is 0 Å². The molecule has 23 heavy (non-hydrogen) atoms. The first kappa shape index (κ1) is 17.3. The van der Waals surface area contributed by atoms with Crippen LogP contribution < -0.4 is 0 Å². The molecule has 0 aromatic heterocycles. The van der Waals surface area contributed by atoms with Crippen molar-refractivity contribution in [1.29, 1.82) is 0 Å². The van der Waals surface area contributed by atoms with Crippen LogP contribution in [0.5, 0.6) is 0 Å². The summed E-state index contributed by atoms with van der Waals surface area (Å²) >= 11 is 0. The highest BCUT2D eigenvalue weighted by atomic mass is 16.5. The second-order valence-corrected chi connectivity index (χ2v) is 8.57. The zero-order valence-electron chi connectivity index (χ0n) is 15.3. The van der Waals surface area contributed by atoms with Crippen LogP contribution in [0.15, 0.2) is 0 Å². The number of fused-ring (bicyclic) bond motifs is 5. The minimum absolute atomic E-state index is 0.153. The maximum Gasteiger partial charge on any atom is 0.308 e. The molecule has 0 saturated heterocycles. The fraction of sp³-hybridized carbons (Fsp3) is 0.950. The van der Waals surface area contributed by atoms with Crippen LogP contribution in [0.3, 0.4) is 0 Å². The van der Waals surface area contributed by atoms with Crippen molar-refractivity contribution < 1.29 is 14.6 Å². The highest BCUT2D eigenvalue weighted by Gasteiger charge is 2.62. The molecule has 0 amide bonds. The standard InChI is InChI=1S/C20H34O3/c1-5-12-8-13(6-2)19-15-9-14(18(12)19)10-16(15)20(4,22)11-17(21)23-7-3/h12-16,18-19,22H,5-11H2,1-4H3. The monoisotopic (exact) mass is 322 g/mol. The number of hydrogen-bond donors (Lipinski definition) is 1. The molecule has 0 heterocycles. The van der Waals surface area contributed by atoms with Gasteiger partial charge in [-0.3, -0.25) is 4.79 Å².